The third-order valence-electron chi connectivity index (χ3n) is 6.22. The van der Waals surface area contributed by atoms with Crippen LogP contribution in [0.1, 0.15) is 42.1 Å². The van der Waals surface area contributed by atoms with Gasteiger partial charge in [0.1, 0.15) is 11.3 Å². The molecule has 3 heterocycles. The summed E-state index contributed by atoms with van der Waals surface area (Å²) in [6.07, 6.45) is 1.54. The van der Waals surface area contributed by atoms with Gasteiger partial charge in [0.15, 0.2) is 5.43 Å². The zero-order chi connectivity index (χ0) is 20.3. The summed E-state index contributed by atoms with van der Waals surface area (Å²) in [6, 6.07) is 12.1. The largest absolute Gasteiger partial charge is 0.493 e. The number of hydrogen-bond donors (Lipinski definition) is 0. The van der Waals surface area contributed by atoms with E-state index in [4.69, 9.17) is 14.0 Å². The van der Waals surface area contributed by atoms with Gasteiger partial charge in [-0.25, -0.2) is 0 Å². The summed E-state index contributed by atoms with van der Waals surface area (Å²) in [7, 11) is 0. The van der Waals surface area contributed by atoms with Gasteiger partial charge in [0.2, 0.25) is 0 Å². The van der Waals surface area contributed by atoms with Crippen molar-refractivity contribution in [1.29, 1.82) is 0 Å². The number of fused-ring (bicyclic) bond motifs is 5. The van der Waals surface area contributed by atoms with Gasteiger partial charge in [0.25, 0.3) is 0 Å². The fraction of sp³-hybridized carbons (Fsp3) is 0.375. The van der Waals surface area contributed by atoms with Crippen molar-refractivity contribution in [2.45, 2.75) is 45.9 Å². The fourth-order valence-corrected chi connectivity index (χ4v) is 4.53. The van der Waals surface area contributed by atoms with Crippen LogP contribution in [0.3, 0.4) is 0 Å². The molecular formula is C24H25NO4. The molecule has 2 aromatic carbocycles. The monoisotopic (exact) mass is 391 g/mol. The van der Waals surface area contributed by atoms with Crippen LogP contribution in [0, 0.1) is 19.8 Å². The first-order valence-corrected chi connectivity index (χ1v) is 10.0. The van der Waals surface area contributed by atoms with Crippen LogP contribution < -0.4 is 10.2 Å². The van der Waals surface area contributed by atoms with E-state index in [9.17, 15) is 4.79 Å². The normalized spacial score (nSPS) is 22.9. The molecule has 5 rings (SSSR count). The van der Waals surface area contributed by atoms with Gasteiger partial charge < -0.3 is 9.15 Å². The quantitative estimate of drug-likeness (QED) is 0.635. The number of aryl methyl sites for hydroxylation is 2. The Labute approximate surface area is 169 Å². The van der Waals surface area contributed by atoms with Gasteiger partial charge in [-0.2, -0.15) is 5.06 Å². The molecule has 2 atom stereocenters. The highest BCUT2D eigenvalue weighted by atomic mass is 16.7. The Balaban J connectivity index is 1.66. The number of hydroxylamine groups is 2. The molecule has 1 fully saturated rings. The first-order chi connectivity index (χ1) is 13.8. The minimum Gasteiger partial charge on any atom is -0.493 e. The second-order valence-electron chi connectivity index (χ2n) is 8.72. The Kier molecular flexibility index (Phi) is 4.09. The summed E-state index contributed by atoms with van der Waals surface area (Å²) >= 11 is 0. The van der Waals surface area contributed by atoms with Crippen LogP contribution in [0.2, 0.25) is 0 Å². The van der Waals surface area contributed by atoms with E-state index in [0.29, 0.717) is 29.7 Å². The molecule has 0 spiro atoms. The first-order valence-electron chi connectivity index (χ1n) is 10.0. The number of ether oxygens (including phenoxy) is 1. The highest BCUT2D eigenvalue weighted by Crippen LogP contribution is 2.52. The average molecular weight is 391 g/mol. The summed E-state index contributed by atoms with van der Waals surface area (Å²) < 4.78 is 12.0. The zero-order valence-electron chi connectivity index (χ0n) is 17.2. The molecule has 0 amide bonds. The van der Waals surface area contributed by atoms with Crippen molar-refractivity contribution in [2.75, 3.05) is 6.61 Å². The van der Waals surface area contributed by atoms with E-state index < -0.39 is 0 Å². The molecule has 5 nitrogen and oxygen atoms in total. The molecule has 0 bridgehead atoms. The van der Waals surface area contributed by atoms with Crippen molar-refractivity contribution in [3.8, 4) is 5.75 Å². The second-order valence-corrected chi connectivity index (χ2v) is 8.72. The van der Waals surface area contributed by atoms with Gasteiger partial charge in [-0.1, -0.05) is 29.8 Å². The second kappa shape index (κ2) is 6.44. The van der Waals surface area contributed by atoms with Crippen LogP contribution >= 0.6 is 0 Å². The van der Waals surface area contributed by atoms with Crippen LogP contribution in [0.4, 0.5) is 0 Å². The lowest BCUT2D eigenvalue weighted by atomic mass is 9.80. The highest BCUT2D eigenvalue weighted by molar-refractivity contribution is 5.83. The summed E-state index contributed by atoms with van der Waals surface area (Å²) in [5, 5.41) is 2.63. The SMILES string of the molecule is Cc1ccc(CN2OC(C)(C)[C@H]3COc4ccc5c(=O)c(C)coc5c4[C@H]32)cc1. The van der Waals surface area contributed by atoms with Crippen molar-refractivity contribution >= 4 is 11.0 Å². The van der Waals surface area contributed by atoms with Gasteiger partial charge in [-0.15, -0.1) is 0 Å². The van der Waals surface area contributed by atoms with Gasteiger partial charge in [-0.3, -0.25) is 9.63 Å². The van der Waals surface area contributed by atoms with Gasteiger partial charge in [0, 0.05) is 18.0 Å². The molecular weight excluding hydrogens is 366 g/mol. The molecule has 0 radical (unpaired) electrons. The number of nitrogens with zero attached hydrogens (tertiary/aromatic N) is 1. The molecule has 1 aromatic heterocycles. The van der Waals surface area contributed by atoms with E-state index in [-0.39, 0.29) is 23.0 Å². The third kappa shape index (κ3) is 2.88. The standard InChI is InChI=1S/C24H25NO4/c1-14-5-7-16(8-6-14)11-25-21-18(24(3,4)29-25)13-27-19-10-9-17-22(26)15(2)12-28-23(17)20(19)21/h5-10,12,18,21H,11,13H2,1-4H3/t18-,21-/m0/s1. The molecule has 2 aliphatic rings. The zero-order valence-corrected chi connectivity index (χ0v) is 17.2. The molecule has 3 aromatic rings. The first kappa shape index (κ1) is 18.4. The molecule has 5 heteroatoms. The topological polar surface area (TPSA) is 51.9 Å². The van der Waals surface area contributed by atoms with Crippen LogP contribution in [-0.2, 0) is 11.4 Å². The maximum Gasteiger partial charge on any atom is 0.195 e. The lowest BCUT2D eigenvalue weighted by Gasteiger charge is -2.33. The molecule has 0 N–H and O–H groups in total. The van der Waals surface area contributed by atoms with Crippen molar-refractivity contribution in [3.05, 3.63) is 75.1 Å². The minimum atomic E-state index is -0.389. The van der Waals surface area contributed by atoms with Gasteiger partial charge in [0.05, 0.1) is 35.5 Å². The summed E-state index contributed by atoms with van der Waals surface area (Å²) in [6.45, 7) is 9.27. The number of rotatable bonds is 2. The number of hydrogen-bond acceptors (Lipinski definition) is 5. The van der Waals surface area contributed by atoms with Crippen molar-refractivity contribution in [3.63, 3.8) is 0 Å². The van der Waals surface area contributed by atoms with E-state index in [1.165, 1.54) is 11.1 Å². The van der Waals surface area contributed by atoms with Crippen LogP contribution in [0.25, 0.3) is 11.0 Å². The van der Waals surface area contributed by atoms with Gasteiger partial charge in [-0.05, 0) is 45.4 Å². The Morgan fingerprint density at radius 2 is 1.86 bits per heavy atom. The molecule has 0 unspecified atom stereocenters. The van der Waals surface area contributed by atoms with E-state index in [2.05, 4.69) is 45.0 Å². The smallest absolute Gasteiger partial charge is 0.195 e. The van der Waals surface area contributed by atoms with Crippen molar-refractivity contribution in [2.24, 2.45) is 5.92 Å². The van der Waals surface area contributed by atoms with E-state index in [1.54, 1.807) is 19.3 Å². The van der Waals surface area contributed by atoms with Crippen molar-refractivity contribution < 1.29 is 14.0 Å². The maximum atomic E-state index is 12.7. The van der Waals surface area contributed by atoms with Gasteiger partial charge >= 0.3 is 0 Å². The highest BCUT2D eigenvalue weighted by Gasteiger charge is 2.53. The van der Waals surface area contributed by atoms with Crippen LogP contribution in [0.15, 0.2) is 51.9 Å². The third-order valence-corrected chi connectivity index (χ3v) is 6.22. The Hall–Kier alpha value is -2.63. The van der Waals surface area contributed by atoms with Crippen LogP contribution in [0.5, 0.6) is 5.75 Å². The Bertz CT molecular complexity index is 1150. The predicted molar refractivity (Wildman–Crippen MR) is 111 cm³/mol. The molecule has 150 valence electrons. The lowest BCUT2D eigenvalue weighted by molar-refractivity contribution is -0.201. The lowest BCUT2D eigenvalue weighted by Crippen LogP contribution is -2.36. The van der Waals surface area contributed by atoms with E-state index >= 15 is 0 Å². The van der Waals surface area contributed by atoms with Crippen molar-refractivity contribution in [1.82, 2.24) is 5.06 Å². The Morgan fingerprint density at radius 3 is 2.62 bits per heavy atom. The molecule has 29 heavy (non-hydrogen) atoms. The molecule has 0 aliphatic carbocycles. The average Bonchev–Trinajstić information content (AvgIpc) is 2.96. The molecule has 1 saturated heterocycles. The summed E-state index contributed by atoms with van der Waals surface area (Å²) in [5.41, 5.74) is 4.13. The van der Waals surface area contributed by atoms with E-state index in [1.807, 2.05) is 11.1 Å². The Morgan fingerprint density at radius 1 is 1.10 bits per heavy atom. The fourth-order valence-electron chi connectivity index (χ4n) is 4.53. The maximum absolute atomic E-state index is 12.7. The molecule has 0 saturated carbocycles. The molecule has 2 aliphatic heterocycles. The number of benzene rings is 2. The predicted octanol–water partition coefficient (Wildman–Crippen LogP) is 4.69. The van der Waals surface area contributed by atoms with E-state index in [0.717, 1.165) is 11.3 Å². The minimum absolute atomic E-state index is 0.000524. The summed E-state index contributed by atoms with van der Waals surface area (Å²) in [5.74, 6) is 0.888. The van der Waals surface area contributed by atoms with Crippen LogP contribution in [-0.4, -0.2) is 17.3 Å². The summed E-state index contributed by atoms with van der Waals surface area (Å²) in [4.78, 5) is 19.1.